The van der Waals surface area contributed by atoms with Crippen LogP contribution >= 0.6 is 0 Å². The van der Waals surface area contributed by atoms with E-state index in [1.54, 1.807) is 19.1 Å². The summed E-state index contributed by atoms with van der Waals surface area (Å²) in [6, 6.07) is 7.77. The van der Waals surface area contributed by atoms with Gasteiger partial charge in [-0.25, -0.2) is 8.42 Å². The summed E-state index contributed by atoms with van der Waals surface area (Å²) in [5, 5.41) is 3.41. The Bertz CT molecular complexity index is 522. The first-order valence-corrected chi connectivity index (χ1v) is 8.66. The molecule has 1 aromatic carbocycles. The van der Waals surface area contributed by atoms with E-state index in [-0.39, 0.29) is 5.75 Å². The quantitative estimate of drug-likeness (QED) is 0.811. The fourth-order valence-electron chi connectivity index (χ4n) is 2.18. The van der Waals surface area contributed by atoms with Gasteiger partial charge < -0.3 is 10.1 Å². The molecule has 1 fully saturated rings. The van der Waals surface area contributed by atoms with Crippen LogP contribution in [0.25, 0.3) is 0 Å². The van der Waals surface area contributed by atoms with Crippen LogP contribution in [-0.4, -0.2) is 32.9 Å². The normalized spacial score (nSPS) is 22.1. The first-order chi connectivity index (χ1) is 9.52. The molecule has 0 spiro atoms. The molecule has 1 aromatic rings. The van der Waals surface area contributed by atoms with Crippen LogP contribution in [0.1, 0.15) is 26.7 Å². The molecule has 20 heavy (non-hydrogen) atoms. The van der Waals surface area contributed by atoms with Gasteiger partial charge in [-0.1, -0.05) is 0 Å². The molecule has 2 N–H and O–H groups in total. The van der Waals surface area contributed by atoms with E-state index >= 15 is 0 Å². The Balaban J connectivity index is 1.84. The number of hydrogen-bond donors (Lipinski definition) is 2. The summed E-state index contributed by atoms with van der Waals surface area (Å²) >= 11 is 0. The zero-order chi connectivity index (χ0) is 14.6. The van der Waals surface area contributed by atoms with Crippen molar-refractivity contribution in [2.24, 2.45) is 0 Å². The topological polar surface area (TPSA) is 67.4 Å². The van der Waals surface area contributed by atoms with Crippen molar-refractivity contribution in [2.45, 2.75) is 38.8 Å². The van der Waals surface area contributed by atoms with E-state index in [0.717, 1.165) is 25.1 Å². The van der Waals surface area contributed by atoms with Gasteiger partial charge in [0.1, 0.15) is 0 Å². The Morgan fingerprint density at radius 3 is 2.30 bits per heavy atom. The van der Waals surface area contributed by atoms with E-state index in [1.165, 1.54) is 0 Å². The largest absolute Gasteiger partial charge is 0.382 e. The smallest absolute Gasteiger partial charge is 0.232 e. The molecule has 0 bridgehead atoms. The van der Waals surface area contributed by atoms with Gasteiger partial charge in [-0.15, -0.1) is 0 Å². The van der Waals surface area contributed by atoms with Gasteiger partial charge in [-0.2, -0.15) is 0 Å². The third-order valence-corrected chi connectivity index (χ3v) is 4.71. The van der Waals surface area contributed by atoms with E-state index in [0.29, 0.717) is 17.8 Å². The van der Waals surface area contributed by atoms with Crippen LogP contribution in [0, 0.1) is 0 Å². The fraction of sp³-hybridized carbons (Fsp3) is 0.571. The predicted octanol–water partition coefficient (Wildman–Crippen LogP) is 2.43. The minimum atomic E-state index is -3.20. The van der Waals surface area contributed by atoms with Gasteiger partial charge in [0.2, 0.25) is 10.0 Å². The standard InChI is InChI=1S/C14H22N2O3S/c1-3-19-14-9-13(10-14)15-11-5-7-12(8-6-11)16-20(17,18)4-2/h5-8,13-16H,3-4,9-10H2,1-2H3. The highest BCUT2D eigenvalue weighted by atomic mass is 32.2. The summed E-state index contributed by atoms with van der Waals surface area (Å²) in [4.78, 5) is 0. The summed E-state index contributed by atoms with van der Waals surface area (Å²) in [5.74, 6) is 0.0773. The lowest BCUT2D eigenvalue weighted by molar-refractivity contribution is 0.00299. The zero-order valence-electron chi connectivity index (χ0n) is 11.9. The second kappa shape index (κ2) is 6.45. The number of nitrogens with one attached hydrogen (secondary N) is 2. The van der Waals surface area contributed by atoms with Crippen molar-refractivity contribution in [1.29, 1.82) is 0 Å². The van der Waals surface area contributed by atoms with Crippen molar-refractivity contribution in [3.63, 3.8) is 0 Å². The van der Waals surface area contributed by atoms with E-state index in [2.05, 4.69) is 10.0 Å². The number of hydrogen-bond acceptors (Lipinski definition) is 4. The molecule has 0 aromatic heterocycles. The first-order valence-electron chi connectivity index (χ1n) is 7.01. The molecule has 2 rings (SSSR count). The number of benzene rings is 1. The fourth-order valence-corrected chi connectivity index (χ4v) is 2.82. The van der Waals surface area contributed by atoms with Gasteiger partial charge in [0.05, 0.1) is 11.9 Å². The predicted molar refractivity (Wildman–Crippen MR) is 81.6 cm³/mol. The molecule has 0 saturated heterocycles. The summed E-state index contributed by atoms with van der Waals surface area (Å²) in [5.41, 5.74) is 1.60. The van der Waals surface area contributed by atoms with Crippen molar-refractivity contribution in [3.05, 3.63) is 24.3 Å². The van der Waals surface area contributed by atoms with Crippen LogP contribution < -0.4 is 10.0 Å². The minimum absolute atomic E-state index is 0.0773. The van der Waals surface area contributed by atoms with Gasteiger partial charge in [0, 0.05) is 24.0 Å². The maximum absolute atomic E-state index is 11.4. The van der Waals surface area contributed by atoms with Crippen molar-refractivity contribution in [2.75, 3.05) is 22.4 Å². The minimum Gasteiger partial charge on any atom is -0.382 e. The molecule has 0 amide bonds. The van der Waals surface area contributed by atoms with Gasteiger partial charge in [0.15, 0.2) is 0 Å². The van der Waals surface area contributed by atoms with Crippen LogP contribution in [-0.2, 0) is 14.8 Å². The lowest BCUT2D eigenvalue weighted by Crippen LogP contribution is -2.40. The summed E-state index contributed by atoms with van der Waals surface area (Å²) in [7, 11) is -3.20. The van der Waals surface area contributed by atoms with E-state index < -0.39 is 10.0 Å². The molecule has 112 valence electrons. The summed E-state index contributed by atoms with van der Waals surface area (Å²) in [6.07, 6.45) is 2.43. The molecule has 0 heterocycles. The van der Waals surface area contributed by atoms with Crippen molar-refractivity contribution >= 4 is 21.4 Å². The van der Waals surface area contributed by atoms with Crippen molar-refractivity contribution in [3.8, 4) is 0 Å². The Labute approximate surface area is 120 Å². The average molecular weight is 298 g/mol. The highest BCUT2D eigenvalue weighted by Crippen LogP contribution is 2.27. The Morgan fingerprint density at radius 2 is 1.75 bits per heavy atom. The molecule has 0 unspecified atom stereocenters. The van der Waals surface area contributed by atoms with Crippen LogP contribution in [0.4, 0.5) is 11.4 Å². The van der Waals surface area contributed by atoms with Crippen LogP contribution in [0.2, 0.25) is 0 Å². The van der Waals surface area contributed by atoms with E-state index in [4.69, 9.17) is 4.74 Å². The molecule has 6 heteroatoms. The van der Waals surface area contributed by atoms with Crippen molar-refractivity contribution in [1.82, 2.24) is 0 Å². The molecular weight excluding hydrogens is 276 g/mol. The highest BCUT2D eigenvalue weighted by Gasteiger charge is 2.29. The molecular formula is C14H22N2O3S. The number of rotatable bonds is 7. The van der Waals surface area contributed by atoms with Crippen LogP contribution in [0.3, 0.4) is 0 Å². The van der Waals surface area contributed by atoms with Crippen molar-refractivity contribution < 1.29 is 13.2 Å². The monoisotopic (exact) mass is 298 g/mol. The zero-order valence-corrected chi connectivity index (χ0v) is 12.7. The Kier molecular flexibility index (Phi) is 4.88. The first kappa shape index (κ1) is 15.1. The molecule has 1 aliphatic carbocycles. The third kappa shape index (κ3) is 4.11. The Morgan fingerprint density at radius 1 is 1.15 bits per heavy atom. The summed E-state index contributed by atoms with van der Waals surface area (Å²) in [6.45, 7) is 4.39. The second-order valence-electron chi connectivity index (χ2n) is 4.97. The second-order valence-corrected chi connectivity index (χ2v) is 6.98. The number of ether oxygens (including phenoxy) is 1. The lowest BCUT2D eigenvalue weighted by atomic mass is 9.89. The number of anilines is 2. The third-order valence-electron chi connectivity index (χ3n) is 3.41. The molecule has 0 atom stereocenters. The van der Waals surface area contributed by atoms with E-state index in [1.807, 2.05) is 19.1 Å². The van der Waals surface area contributed by atoms with Gasteiger partial charge in [-0.3, -0.25) is 4.72 Å². The SMILES string of the molecule is CCOC1CC(Nc2ccc(NS(=O)(=O)CC)cc2)C1. The van der Waals surface area contributed by atoms with Gasteiger partial charge in [0.25, 0.3) is 0 Å². The molecule has 1 saturated carbocycles. The van der Waals surface area contributed by atoms with Gasteiger partial charge >= 0.3 is 0 Å². The van der Waals surface area contributed by atoms with E-state index in [9.17, 15) is 8.42 Å². The molecule has 0 radical (unpaired) electrons. The summed E-state index contributed by atoms with van der Waals surface area (Å²) < 4.78 is 30.9. The molecule has 1 aliphatic rings. The average Bonchev–Trinajstić information content (AvgIpc) is 2.38. The van der Waals surface area contributed by atoms with Crippen LogP contribution in [0.5, 0.6) is 0 Å². The van der Waals surface area contributed by atoms with Crippen LogP contribution in [0.15, 0.2) is 24.3 Å². The lowest BCUT2D eigenvalue weighted by Gasteiger charge is -2.36. The highest BCUT2D eigenvalue weighted by molar-refractivity contribution is 7.92. The van der Waals surface area contributed by atoms with Gasteiger partial charge in [-0.05, 0) is 51.0 Å². The molecule has 5 nitrogen and oxygen atoms in total. The number of sulfonamides is 1. The maximum Gasteiger partial charge on any atom is 0.232 e. The maximum atomic E-state index is 11.4. The molecule has 0 aliphatic heterocycles. The Hall–Kier alpha value is -1.27.